The van der Waals surface area contributed by atoms with Crippen molar-refractivity contribution >= 4 is 23.0 Å². The zero-order chi connectivity index (χ0) is 17.1. The lowest BCUT2D eigenvalue weighted by atomic mass is 10.1. The van der Waals surface area contributed by atoms with Crippen molar-refractivity contribution in [2.45, 2.75) is 0 Å². The Morgan fingerprint density at radius 1 is 0.913 bits per heavy atom. The van der Waals surface area contributed by atoms with E-state index in [1.54, 1.807) is 0 Å². The second kappa shape index (κ2) is 6.13. The van der Waals surface area contributed by atoms with Gasteiger partial charge in [-0.05, 0) is 12.1 Å². The van der Waals surface area contributed by atoms with Gasteiger partial charge in [0.15, 0.2) is 11.6 Å². The monoisotopic (exact) mass is 323 g/mol. The number of halogens is 2. The lowest BCUT2D eigenvalue weighted by Gasteiger charge is -2.06. The minimum Gasteiger partial charge on any atom is -0.322 e. The van der Waals surface area contributed by atoms with Gasteiger partial charge in [0, 0.05) is 23.9 Å². The molecule has 0 heterocycles. The maximum absolute atomic E-state index is 13.1. The molecule has 0 saturated heterocycles. The first kappa shape index (κ1) is 15.9. The molecule has 0 saturated carbocycles. The summed E-state index contributed by atoms with van der Waals surface area (Å²) in [6.07, 6.45) is 0. The minimum absolute atomic E-state index is 0.108. The topological polar surface area (TPSA) is 115 Å². The molecular weight excluding hydrogens is 316 g/mol. The van der Waals surface area contributed by atoms with Crippen molar-refractivity contribution in [3.63, 3.8) is 0 Å². The van der Waals surface area contributed by atoms with E-state index in [4.69, 9.17) is 0 Å². The molecule has 0 unspecified atom stereocenters. The molecule has 0 aliphatic rings. The van der Waals surface area contributed by atoms with Crippen LogP contribution in [0.4, 0.5) is 25.8 Å². The zero-order valence-corrected chi connectivity index (χ0v) is 11.2. The number of amides is 1. The molecule has 10 heteroatoms. The molecule has 118 valence electrons. The van der Waals surface area contributed by atoms with Crippen molar-refractivity contribution < 1.29 is 23.4 Å². The second-order valence-corrected chi connectivity index (χ2v) is 4.34. The smallest absolute Gasteiger partial charge is 0.277 e. The number of hydrogen-bond donors (Lipinski definition) is 1. The molecule has 0 radical (unpaired) electrons. The fraction of sp³-hybridized carbons (Fsp3) is 0. The number of nitrogens with one attached hydrogen (secondary N) is 1. The predicted molar refractivity (Wildman–Crippen MR) is 74.1 cm³/mol. The van der Waals surface area contributed by atoms with Gasteiger partial charge >= 0.3 is 0 Å². The van der Waals surface area contributed by atoms with Crippen LogP contribution in [0.5, 0.6) is 0 Å². The largest absolute Gasteiger partial charge is 0.322 e. The molecule has 0 fully saturated rings. The molecular formula is C13H7F2N3O5. The number of rotatable bonds is 4. The van der Waals surface area contributed by atoms with Crippen LogP contribution in [-0.4, -0.2) is 15.8 Å². The summed E-state index contributed by atoms with van der Waals surface area (Å²) >= 11 is 0. The van der Waals surface area contributed by atoms with Crippen LogP contribution in [0.15, 0.2) is 36.4 Å². The molecule has 23 heavy (non-hydrogen) atoms. The Morgan fingerprint density at radius 2 is 1.48 bits per heavy atom. The van der Waals surface area contributed by atoms with Gasteiger partial charge in [-0.3, -0.25) is 25.0 Å². The lowest BCUT2D eigenvalue weighted by molar-refractivity contribution is -0.394. The number of non-ortho nitro benzene ring substituents is 2. The fourth-order valence-corrected chi connectivity index (χ4v) is 1.71. The molecule has 0 atom stereocenters. The average Bonchev–Trinajstić information content (AvgIpc) is 2.50. The van der Waals surface area contributed by atoms with Crippen molar-refractivity contribution in [2.24, 2.45) is 0 Å². The number of anilines is 1. The van der Waals surface area contributed by atoms with E-state index < -0.39 is 38.8 Å². The first-order valence-corrected chi connectivity index (χ1v) is 5.98. The van der Waals surface area contributed by atoms with Gasteiger partial charge < -0.3 is 5.32 Å². The Labute approximate surface area is 126 Å². The van der Waals surface area contributed by atoms with Gasteiger partial charge in [0.25, 0.3) is 17.3 Å². The molecule has 8 nitrogen and oxygen atoms in total. The van der Waals surface area contributed by atoms with Crippen LogP contribution in [-0.2, 0) is 0 Å². The number of nitro groups is 2. The first-order valence-electron chi connectivity index (χ1n) is 5.98. The third-order valence-corrected chi connectivity index (χ3v) is 2.76. The van der Waals surface area contributed by atoms with E-state index in [0.717, 1.165) is 24.3 Å². The Balaban J connectivity index is 2.36. The summed E-state index contributed by atoms with van der Waals surface area (Å²) < 4.78 is 25.9. The summed E-state index contributed by atoms with van der Waals surface area (Å²) in [4.78, 5) is 31.7. The summed E-state index contributed by atoms with van der Waals surface area (Å²) in [6.45, 7) is 0. The van der Waals surface area contributed by atoms with Gasteiger partial charge in [0.1, 0.15) is 0 Å². The van der Waals surface area contributed by atoms with Crippen LogP contribution < -0.4 is 5.32 Å². The van der Waals surface area contributed by atoms with E-state index in [2.05, 4.69) is 5.32 Å². The summed E-state index contributed by atoms with van der Waals surface area (Å²) in [6, 6.07) is 4.93. The second-order valence-electron chi connectivity index (χ2n) is 4.34. The van der Waals surface area contributed by atoms with E-state index in [9.17, 15) is 33.8 Å². The maximum atomic E-state index is 13.1. The van der Waals surface area contributed by atoms with E-state index >= 15 is 0 Å². The minimum atomic E-state index is -1.20. The van der Waals surface area contributed by atoms with Crippen molar-refractivity contribution in [2.75, 3.05) is 5.32 Å². The summed E-state index contributed by atoms with van der Waals surface area (Å²) in [5, 5.41) is 23.7. The molecule has 0 aliphatic heterocycles. The number of nitro benzene ring substituents is 2. The molecule has 0 spiro atoms. The summed E-state index contributed by atoms with van der Waals surface area (Å²) in [5.74, 6) is -3.26. The quantitative estimate of drug-likeness (QED) is 0.686. The van der Waals surface area contributed by atoms with E-state index in [0.29, 0.717) is 12.1 Å². The van der Waals surface area contributed by atoms with Gasteiger partial charge in [-0.1, -0.05) is 0 Å². The van der Waals surface area contributed by atoms with Crippen LogP contribution >= 0.6 is 0 Å². The van der Waals surface area contributed by atoms with Crippen LogP contribution in [0.1, 0.15) is 10.4 Å². The number of benzene rings is 2. The Kier molecular flexibility index (Phi) is 4.25. The van der Waals surface area contributed by atoms with Crippen LogP contribution in [0.3, 0.4) is 0 Å². The first-order chi connectivity index (χ1) is 10.8. The molecule has 0 aliphatic carbocycles. The highest BCUT2D eigenvalue weighted by atomic mass is 19.2. The Hall–Kier alpha value is -3.43. The van der Waals surface area contributed by atoms with Crippen molar-refractivity contribution in [3.8, 4) is 0 Å². The molecule has 1 N–H and O–H groups in total. The lowest BCUT2D eigenvalue weighted by Crippen LogP contribution is -2.13. The van der Waals surface area contributed by atoms with E-state index in [1.165, 1.54) is 0 Å². The molecule has 2 aromatic carbocycles. The van der Waals surface area contributed by atoms with Gasteiger partial charge in [-0.15, -0.1) is 0 Å². The average molecular weight is 323 g/mol. The highest BCUT2D eigenvalue weighted by Crippen LogP contribution is 2.23. The normalized spacial score (nSPS) is 10.2. The highest BCUT2D eigenvalue weighted by molar-refractivity contribution is 6.05. The Bertz CT molecular complexity index is 793. The third kappa shape index (κ3) is 3.61. The summed E-state index contributed by atoms with van der Waals surface area (Å²) in [7, 11) is 0. The summed E-state index contributed by atoms with van der Waals surface area (Å²) in [5.41, 5.74) is -1.76. The van der Waals surface area contributed by atoms with Gasteiger partial charge in [0.2, 0.25) is 0 Å². The molecule has 1 amide bonds. The predicted octanol–water partition coefficient (Wildman–Crippen LogP) is 3.03. The number of carbonyl (C=O) groups excluding carboxylic acids is 1. The van der Waals surface area contributed by atoms with Gasteiger partial charge in [0.05, 0.1) is 21.5 Å². The third-order valence-electron chi connectivity index (χ3n) is 2.76. The number of carbonyl (C=O) groups is 1. The SMILES string of the molecule is O=C(Nc1ccc(F)c(F)c1)c1cc([N+](=O)[O-])cc([N+](=O)[O-])c1. The van der Waals surface area contributed by atoms with Crippen LogP contribution in [0, 0.1) is 31.9 Å². The number of nitrogens with zero attached hydrogens (tertiary/aromatic N) is 2. The van der Waals surface area contributed by atoms with Crippen molar-refractivity contribution in [1.82, 2.24) is 0 Å². The number of hydrogen-bond acceptors (Lipinski definition) is 5. The van der Waals surface area contributed by atoms with Crippen molar-refractivity contribution in [1.29, 1.82) is 0 Å². The van der Waals surface area contributed by atoms with Crippen LogP contribution in [0.25, 0.3) is 0 Å². The zero-order valence-electron chi connectivity index (χ0n) is 11.2. The maximum Gasteiger partial charge on any atom is 0.277 e. The van der Waals surface area contributed by atoms with E-state index in [1.807, 2.05) is 0 Å². The van der Waals surface area contributed by atoms with Gasteiger partial charge in [-0.2, -0.15) is 0 Å². The Morgan fingerprint density at radius 3 is 1.96 bits per heavy atom. The van der Waals surface area contributed by atoms with Crippen LogP contribution in [0.2, 0.25) is 0 Å². The molecule has 2 aromatic rings. The van der Waals surface area contributed by atoms with E-state index in [-0.39, 0.29) is 11.3 Å². The molecule has 0 aromatic heterocycles. The highest BCUT2D eigenvalue weighted by Gasteiger charge is 2.20. The molecule has 0 bridgehead atoms. The fourth-order valence-electron chi connectivity index (χ4n) is 1.71. The van der Waals surface area contributed by atoms with Gasteiger partial charge in [-0.25, -0.2) is 8.78 Å². The molecule has 2 rings (SSSR count). The standard InChI is InChI=1S/C13H7F2N3O5/c14-11-2-1-8(5-12(11)15)16-13(19)7-3-9(17(20)21)6-10(4-7)18(22)23/h1-6H,(H,16,19). The van der Waals surface area contributed by atoms with Crippen molar-refractivity contribution in [3.05, 3.63) is 73.8 Å².